The standard InChI is InChI=1S/C11H18O2/c1-9(11(8-12)6-7-11)4-3-5-10(9,2)13/h8,13H,3-7H2,1-2H3. The highest BCUT2D eigenvalue weighted by Gasteiger charge is 2.65. The van der Waals surface area contributed by atoms with E-state index in [1.54, 1.807) is 0 Å². The van der Waals surface area contributed by atoms with Crippen LogP contribution in [0.25, 0.3) is 0 Å². The van der Waals surface area contributed by atoms with Gasteiger partial charge in [-0.3, -0.25) is 0 Å². The van der Waals surface area contributed by atoms with Crippen molar-refractivity contribution >= 4 is 6.29 Å². The highest BCUT2D eigenvalue weighted by molar-refractivity contribution is 5.66. The zero-order valence-corrected chi connectivity index (χ0v) is 8.47. The number of hydrogen-bond acceptors (Lipinski definition) is 2. The van der Waals surface area contributed by atoms with Crippen molar-refractivity contribution in [3.8, 4) is 0 Å². The van der Waals surface area contributed by atoms with Gasteiger partial charge in [-0.05, 0) is 39.0 Å². The van der Waals surface area contributed by atoms with Crippen molar-refractivity contribution in [2.24, 2.45) is 10.8 Å². The van der Waals surface area contributed by atoms with Crippen LogP contribution in [0.1, 0.15) is 46.0 Å². The third-order valence-electron chi connectivity index (χ3n) is 4.64. The van der Waals surface area contributed by atoms with Crippen LogP contribution in [0.4, 0.5) is 0 Å². The third kappa shape index (κ3) is 0.954. The first kappa shape index (κ1) is 9.20. The van der Waals surface area contributed by atoms with E-state index >= 15 is 0 Å². The maximum atomic E-state index is 11.1. The highest BCUT2D eigenvalue weighted by atomic mass is 16.3. The lowest BCUT2D eigenvalue weighted by Gasteiger charge is -2.41. The van der Waals surface area contributed by atoms with Gasteiger partial charge in [0.05, 0.1) is 5.60 Å². The highest BCUT2D eigenvalue weighted by Crippen LogP contribution is 2.66. The maximum Gasteiger partial charge on any atom is 0.126 e. The molecular formula is C11H18O2. The van der Waals surface area contributed by atoms with Crippen molar-refractivity contribution < 1.29 is 9.90 Å². The molecule has 2 fully saturated rings. The van der Waals surface area contributed by atoms with Crippen LogP contribution in [0.15, 0.2) is 0 Å². The molecule has 2 aliphatic rings. The largest absolute Gasteiger partial charge is 0.390 e. The number of rotatable bonds is 2. The van der Waals surface area contributed by atoms with E-state index in [1.165, 1.54) is 0 Å². The van der Waals surface area contributed by atoms with Gasteiger partial charge in [-0.25, -0.2) is 0 Å². The lowest BCUT2D eigenvalue weighted by atomic mass is 9.66. The van der Waals surface area contributed by atoms with Crippen molar-refractivity contribution in [1.82, 2.24) is 0 Å². The van der Waals surface area contributed by atoms with Gasteiger partial charge in [0.2, 0.25) is 0 Å². The van der Waals surface area contributed by atoms with E-state index in [2.05, 4.69) is 6.92 Å². The van der Waals surface area contributed by atoms with Gasteiger partial charge in [-0.15, -0.1) is 0 Å². The molecule has 0 amide bonds. The second kappa shape index (κ2) is 2.35. The van der Waals surface area contributed by atoms with Gasteiger partial charge < -0.3 is 9.90 Å². The van der Waals surface area contributed by atoms with Crippen LogP contribution in [0.3, 0.4) is 0 Å². The van der Waals surface area contributed by atoms with E-state index in [4.69, 9.17) is 0 Å². The Labute approximate surface area is 79.3 Å². The second-order valence-corrected chi connectivity index (χ2v) is 5.23. The molecule has 0 aromatic heterocycles. The molecule has 13 heavy (non-hydrogen) atoms. The molecule has 2 nitrogen and oxygen atoms in total. The first-order valence-electron chi connectivity index (χ1n) is 5.16. The topological polar surface area (TPSA) is 37.3 Å². The second-order valence-electron chi connectivity index (χ2n) is 5.23. The van der Waals surface area contributed by atoms with Crippen LogP contribution in [0, 0.1) is 10.8 Å². The summed E-state index contributed by atoms with van der Waals surface area (Å²) in [5.74, 6) is 0. The van der Waals surface area contributed by atoms with Gasteiger partial charge >= 0.3 is 0 Å². The van der Waals surface area contributed by atoms with E-state index in [-0.39, 0.29) is 10.8 Å². The lowest BCUT2D eigenvalue weighted by Crippen LogP contribution is -2.46. The van der Waals surface area contributed by atoms with Gasteiger partial charge in [0.1, 0.15) is 6.29 Å². The first-order valence-corrected chi connectivity index (χ1v) is 5.16. The Morgan fingerprint density at radius 3 is 2.08 bits per heavy atom. The summed E-state index contributed by atoms with van der Waals surface area (Å²) in [6.07, 6.45) is 5.94. The van der Waals surface area contributed by atoms with Gasteiger partial charge in [-0.1, -0.05) is 6.92 Å². The molecule has 74 valence electrons. The third-order valence-corrected chi connectivity index (χ3v) is 4.64. The summed E-state index contributed by atoms with van der Waals surface area (Å²) in [4.78, 5) is 11.1. The molecule has 2 rings (SSSR count). The van der Waals surface area contributed by atoms with E-state index < -0.39 is 5.60 Å². The molecule has 2 saturated carbocycles. The molecule has 0 aromatic carbocycles. The smallest absolute Gasteiger partial charge is 0.126 e. The summed E-state index contributed by atoms with van der Waals surface area (Å²) in [7, 11) is 0. The van der Waals surface area contributed by atoms with Crippen molar-refractivity contribution in [1.29, 1.82) is 0 Å². The van der Waals surface area contributed by atoms with Crippen molar-refractivity contribution in [2.75, 3.05) is 0 Å². The molecular weight excluding hydrogens is 164 g/mol. The Balaban J connectivity index is 2.34. The van der Waals surface area contributed by atoms with Crippen molar-refractivity contribution in [3.63, 3.8) is 0 Å². The van der Waals surface area contributed by atoms with Crippen LogP contribution < -0.4 is 0 Å². The van der Waals surface area contributed by atoms with Crippen LogP contribution in [-0.2, 0) is 4.79 Å². The van der Waals surface area contributed by atoms with Crippen LogP contribution in [0.5, 0.6) is 0 Å². The summed E-state index contributed by atoms with van der Waals surface area (Å²) in [5, 5.41) is 10.3. The summed E-state index contributed by atoms with van der Waals surface area (Å²) in [6, 6.07) is 0. The monoisotopic (exact) mass is 182 g/mol. The quantitative estimate of drug-likeness (QED) is 0.662. The molecule has 0 heterocycles. The minimum absolute atomic E-state index is 0.165. The molecule has 0 radical (unpaired) electrons. The average Bonchev–Trinajstić information content (AvgIpc) is 2.79. The Hall–Kier alpha value is -0.370. The van der Waals surface area contributed by atoms with Crippen LogP contribution >= 0.6 is 0 Å². The number of aldehydes is 1. The van der Waals surface area contributed by atoms with Crippen molar-refractivity contribution in [3.05, 3.63) is 0 Å². The molecule has 0 aromatic rings. The molecule has 0 aliphatic heterocycles. The number of hydrogen-bond donors (Lipinski definition) is 1. The maximum absolute atomic E-state index is 11.1. The Morgan fingerprint density at radius 2 is 1.77 bits per heavy atom. The van der Waals surface area contributed by atoms with E-state index in [9.17, 15) is 9.90 Å². The molecule has 2 heteroatoms. The molecule has 0 bridgehead atoms. The molecule has 1 N–H and O–H groups in total. The predicted molar refractivity (Wildman–Crippen MR) is 50.3 cm³/mol. The molecule has 2 unspecified atom stereocenters. The van der Waals surface area contributed by atoms with Gasteiger partial charge in [0, 0.05) is 10.8 Å². The van der Waals surface area contributed by atoms with Gasteiger partial charge in [0.25, 0.3) is 0 Å². The first-order chi connectivity index (χ1) is 5.97. The van der Waals surface area contributed by atoms with E-state index in [1.807, 2.05) is 6.92 Å². The van der Waals surface area contributed by atoms with E-state index in [0.717, 1.165) is 38.4 Å². The zero-order valence-electron chi connectivity index (χ0n) is 8.47. The van der Waals surface area contributed by atoms with Crippen LogP contribution in [-0.4, -0.2) is 17.0 Å². The Morgan fingerprint density at radius 1 is 1.15 bits per heavy atom. The predicted octanol–water partition coefficient (Wildman–Crippen LogP) is 1.91. The summed E-state index contributed by atoms with van der Waals surface area (Å²) < 4.78 is 0. The number of aliphatic hydroxyl groups is 1. The van der Waals surface area contributed by atoms with Crippen LogP contribution in [0.2, 0.25) is 0 Å². The Bertz CT molecular complexity index is 240. The minimum Gasteiger partial charge on any atom is -0.390 e. The fourth-order valence-electron chi connectivity index (χ4n) is 3.05. The minimum atomic E-state index is -0.635. The molecule has 0 spiro atoms. The van der Waals surface area contributed by atoms with Gasteiger partial charge in [-0.2, -0.15) is 0 Å². The number of carbonyl (C=O) groups excluding carboxylic acids is 1. The fourth-order valence-corrected chi connectivity index (χ4v) is 3.05. The Kier molecular flexibility index (Phi) is 1.66. The summed E-state index contributed by atoms with van der Waals surface area (Å²) >= 11 is 0. The fraction of sp³-hybridized carbons (Fsp3) is 0.909. The van der Waals surface area contributed by atoms with E-state index in [0.29, 0.717) is 0 Å². The molecule has 0 saturated heterocycles. The average molecular weight is 182 g/mol. The summed E-state index contributed by atoms with van der Waals surface area (Å²) in [5.41, 5.74) is -0.987. The lowest BCUT2D eigenvalue weighted by molar-refractivity contribution is -0.127. The SMILES string of the molecule is CC1(O)CCCC1(C)C1(C=O)CC1. The van der Waals surface area contributed by atoms with Crippen molar-refractivity contribution in [2.45, 2.75) is 51.6 Å². The molecule has 2 aliphatic carbocycles. The van der Waals surface area contributed by atoms with Gasteiger partial charge in [0.15, 0.2) is 0 Å². The number of carbonyl (C=O) groups is 1. The summed E-state index contributed by atoms with van der Waals surface area (Å²) in [6.45, 7) is 3.98. The normalized spacial score (nSPS) is 47.6. The molecule has 2 atom stereocenters. The zero-order chi connectivity index (χ0) is 9.74.